The van der Waals surface area contributed by atoms with Crippen molar-refractivity contribution in [3.05, 3.63) is 34.9 Å². The maximum absolute atomic E-state index is 10.5. The lowest BCUT2D eigenvalue weighted by Gasteiger charge is -2.22. The summed E-state index contributed by atoms with van der Waals surface area (Å²) in [6.07, 6.45) is 1.45. The average molecular weight is 240 g/mol. The Morgan fingerprint density at radius 3 is 2.75 bits per heavy atom. The van der Waals surface area contributed by atoms with Gasteiger partial charge in [-0.1, -0.05) is 29.8 Å². The number of nitrogens with zero attached hydrogens (tertiary/aromatic N) is 1. The Balaban J connectivity index is 2.13. The van der Waals surface area contributed by atoms with E-state index in [1.165, 1.54) is 0 Å². The first kappa shape index (κ1) is 11.9. The molecule has 3 heteroatoms. The lowest BCUT2D eigenvalue weighted by molar-refractivity contribution is 0.0521. The molecule has 0 radical (unpaired) electrons. The van der Waals surface area contributed by atoms with E-state index < -0.39 is 5.60 Å². The highest BCUT2D eigenvalue weighted by Gasteiger charge is 2.39. The highest BCUT2D eigenvalue weighted by molar-refractivity contribution is 6.31. The van der Waals surface area contributed by atoms with Crippen LogP contribution in [0.5, 0.6) is 0 Å². The number of likely N-dealkylation sites (N-methyl/N-ethyl adjacent to an activating group) is 1. The Kier molecular flexibility index (Phi) is 3.24. The highest BCUT2D eigenvalue weighted by Crippen LogP contribution is 2.30. The minimum Gasteiger partial charge on any atom is -0.388 e. The molecule has 0 aliphatic carbocycles. The van der Waals surface area contributed by atoms with Crippen LogP contribution in [0.25, 0.3) is 0 Å². The van der Waals surface area contributed by atoms with Gasteiger partial charge in [-0.15, -0.1) is 0 Å². The van der Waals surface area contributed by atoms with Gasteiger partial charge in [0.1, 0.15) is 0 Å². The van der Waals surface area contributed by atoms with Crippen LogP contribution in [0.2, 0.25) is 5.02 Å². The summed E-state index contributed by atoms with van der Waals surface area (Å²) in [7, 11) is 2.05. The summed E-state index contributed by atoms with van der Waals surface area (Å²) in [6.45, 7) is 2.87. The number of halogens is 1. The molecule has 1 N–H and O–H groups in total. The SMILES string of the molecule is CC1CC(O)(Cc2ccccc2Cl)CN1C. The van der Waals surface area contributed by atoms with Crippen molar-refractivity contribution in [1.29, 1.82) is 0 Å². The summed E-state index contributed by atoms with van der Waals surface area (Å²) >= 11 is 6.11. The Labute approximate surface area is 102 Å². The van der Waals surface area contributed by atoms with Crippen LogP contribution in [0.1, 0.15) is 18.9 Å². The van der Waals surface area contributed by atoms with Crippen molar-refractivity contribution in [2.75, 3.05) is 13.6 Å². The van der Waals surface area contributed by atoms with E-state index in [0.29, 0.717) is 12.5 Å². The molecule has 0 saturated carbocycles. The van der Waals surface area contributed by atoms with Crippen LogP contribution in [0.15, 0.2) is 24.3 Å². The van der Waals surface area contributed by atoms with E-state index in [1.54, 1.807) is 0 Å². The fourth-order valence-corrected chi connectivity index (χ4v) is 2.72. The molecule has 0 aromatic heterocycles. The molecule has 0 spiro atoms. The fourth-order valence-electron chi connectivity index (χ4n) is 2.51. The first-order valence-electron chi connectivity index (χ1n) is 5.66. The Bertz CT molecular complexity index is 370. The zero-order valence-electron chi connectivity index (χ0n) is 9.78. The molecule has 1 aliphatic heterocycles. The summed E-state index contributed by atoms with van der Waals surface area (Å²) in [4.78, 5) is 2.19. The summed E-state index contributed by atoms with van der Waals surface area (Å²) in [6, 6.07) is 8.19. The third kappa shape index (κ3) is 2.40. The van der Waals surface area contributed by atoms with E-state index in [-0.39, 0.29) is 0 Å². The predicted molar refractivity (Wildman–Crippen MR) is 66.8 cm³/mol. The lowest BCUT2D eigenvalue weighted by atomic mass is 9.92. The number of aliphatic hydroxyl groups is 1. The molecule has 16 heavy (non-hydrogen) atoms. The molecule has 88 valence electrons. The van der Waals surface area contributed by atoms with Gasteiger partial charge in [0.15, 0.2) is 0 Å². The second-order valence-electron chi connectivity index (χ2n) is 4.96. The molecular formula is C13H18ClNO. The molecule has 1 fully saturated rings. The Hall–Kier alpha value is -0.570. The molecule has 1 aromatic rings. The van der Waals surface area contributed by atoms with Gasteiger partial charge < -0.3 is 10.0 Å². The van der Waals surface area contributed by atoms with Gasteiger partial charge in [0, 0.05) is 24.0 Å². The number of likely N-dealkylation sites (tertiary alicyclic amines) is 1. The Morgan fingerprint density at radius 1 is 1.50 bits per heavy atom. The van der Waals surface area contributed by atoms with E-state index in [9.17, 15) is 5.11 Å². The summed E-state index contributed by atoms with van der Waals surface area (Å²) in [5.41, 5.74) is 0.410. The van der Waals surface area contributed by atoms with Crippen LogP contribution in [0.4, 0.5) is 0 Å². The third-order valence-corrected chi connectivity index (χ3v) is 3.82. The van der Waals surface area contributed by atoms with Crippen LogP contribution in [0.3, 0.4) is 0 Å². The summed E-state index contributed by atoms with van der Waals surface area (Å²) in [5.74, 6) is 0. The van der Waals surface area contributed by atoms with Crippen LogP contribution >= 0.6 is 11.6 Å². The van der Waals surface area contributed by atoms with E-state index in [0.717, 1.165) is 23.6 Å². The van der Waals surface area contributed by atoms with E-state index in [2.05, 4.69) is 18.9 Å². The fraction of sp³-hybridized carbons (Fsp3) is 0.538. The van der Waals surface area contributed by atoms with Gasteiger partial charge in [0.2, 0.25) is 0 Å². The van der Waals surface area contributed by atoms with Gasteiger partial charge in [-0.2, -0.15) is 0 Å². The summed E-state index contributed by atoms with van der Waals surface area (Å²) < 4.78 is 0. The minimum absolute atomic E-state index is 0.437. The predicted octanol–water partition coefficient (Wildman–Crippen LogP) is 2.34. The van der Waals surface area contributed by atoms with E-state index in [4.69, 9.17) is 11.6 Å². The van der Waals surface area contributed by atoms with Crippen molar-refractivity contribution in [2.45, 2.75) is 31.4 Å². The van der Waals surface area contributed by atoms with Gasteiger partial charge in [-0.3, -0.25) is 0 Å². The smallest absolute Gasteiger partial charge is 0.0829 e. The van der Waals surface area contributed by atoms with Crippen LogP contribution in [-0.2, 0) is 6.42 Å². The molecular weight excluding hydrogens is 222 g/mol. The molecule has 2 atom stereocenters. The number of rotatable bonds is 2. The van der Waals surface area contributed by atoms with E-state index >= 15 is 0 Å². The van der Waals surface area contributed by atoms with Gasteiger partial charge >= 0.3 is 0 Å². The molecule has 1 aromatic carbocycles. The quantitative estimate of drug-likeness (QED) is 0.857. The Morgan fingerprint density at radius 2 is 2.19 bits per heavy atom. The number of β-amino-alcohol motifs (C(OH)–C–C–N with tert-alkyl or cyclic N) is 1. The van der Waals surface area contributed by atoms with Gasteiger partial charge in [-0.05, 0) is 32.0 Å². The van der Waals surface area contributed by atoms with E-state index in [1.807, 2.05) is 24.3 Å². The number of hydrogen-bond donors (Lipinski definition) is 1. The van der Waals surface area contributed by atoms with Crippen LogP contribution in [-0.4, -0.2) is 35.2 Å². The third-order valence-electron chi connectivity index (χ3n) is 3.45. The van der Waals surface area contributed by atoms with Gasteiger partial charge in [0.05, 0.1) is 5.60 Å². The van der Waals surface area contributed by atoms with Gasteiger partial charge in [-0.25, -0.2) is 0 Å². The zero-order valence-corrected chi connectivity index (χ0v) is 10.5. The molecule has 1 heterocycles. The summed E-state index contributed by atoms with van der Waals surface area (Å²) in [5, 5.41) is 11.3. The van der Waals surface area contributed by atoms with Crippen molar-refractivity contribution in [3.8, 4) is 0 Å². The minimum atomic E-state index is -0.626. The molecule has 0 amide bonds. The monoisotopic (exact) mass is 239 g/mol. The maximum atomic E-state index is 10.5. The standard InChI is InChI=1S/C13H18ClNO/c1-10-7-13(16,9-15(10)2)8-11-5-3-4-6-12(11)14/h3-6,10,16H,7-9H2,1-2H3. The number of hydrogen-bond acceptors (Lipinski definition) is 2. The van der Waals surface area contributed by atoms with Crippen molar-refractivity contribution in [2.24, 2.45) is 0 Å². The number of benzene rings is 1. The van der Waals surface area contributed by atoms with Crippen LogP contribution in [0, 0.1) is 0 Å². The molecule has 2 rings (SSSR count). The van der Waals surface area contributed by atoms with Gasteiger partial charge in [0.25, 0.3) is 0 Å². The van der Waals surface area contributed by atoms with Crippen molar-refractivity contribution in [1.82, 2.24) is 4.90 Å². The van der Waals surface area contributed by atoms with Crippen molar-refractivity contribution < 1.29 is 5.11 Å². The topological polar surface area (TPSA) is 23.5 Å². The molecule has 2 nitrogen and oxygen atoms in total. The van der Waals surface area contributed by atoms with Crippen LogP contribution < -0.4 is 0 Å². The normalized spacial score (nSPS) is 30.9. The molecule has 2 unspecified atom stereocenters. The molecule has 1 saturated heterocycles. The van der Waals surface area contributed by atoms with Crippen molar-refractivity contribution in [3.63, 3.8) is 0 Å². The first-order valence-corrected chi connectivity index (χ1v) is 6.04. The second kappa shape index (κ2) is 4.36. The zero-order chi connectivity index (χ0) is 11.8. The first-order chi connectivity index (χ1) is 7.50. The second-order valence-corrected chi connectivity index (χ2v) is 5.37. The van der Waals surface area contributed by atoms with Crippen molar-refractivity contribution >= 4 is 11.6 Å². The molecule has 1 aliphatic rings. The average Bonchev–Trinajstić information content (AvgIpc) is 2.45. The molecule has 0 bridgehead atoms. The maximum Gasteiger partial charge on any atom is 0.0829 e. The highest BCUT2D eigenvalue weighted by atomic mass is 35.5. The largest absolute Gasteiger partial charge is 0.388 e. The lowest BCUT2D eigenvalue weighted by Crippen LogP contribution is -2.34.